The van der Waals surface area contributed by atoms with E-state index < -0.39 is 0 Å². The number of fused-ring (bicyclic) bond motifs is 1. The Labute approximate surface area is 123 Å². The van der Waals surface area contributed by atoms with Gasteiger partial charge in [0, 0.05) is 18.8 Å². The summed E-state index contributed by atoms with van der Waals surface area (Å²) < 4.78 is 0. The van der Waals surface area contributed by atoms with E-state index in [1.165, 1.54) is 4.90 Å². The van der Waals surface area contributed by atoms with Gasteiger partial charge in [-0.05, 0) is 39.0 Å². The summed E-state index contributed by atoms with van der Waals surface area (Å²) in [5, 5.41) is 11.8. The predicted molar refractivity (Wildman–Crippen MR) is 82.4 cm³/mol. The molecule has 0 fully saturated rings. The van der Waals surface area contributed by atoms with E-state index in [9.17, 15) is 4.79 Å². The largest absolute Gasteiger partial charge is 0.395 e. The van der Waals surface area contributed by atoms with Crippen LogP contribution in [0.5, 0.6) is 0 Å². The first-order valence-electron chi connectivity index (χ1n) is 6.97. The average molecular weight is 288 g/mol. The van der Waals surface area contributed by atoms with Crippen LogP contribution in [-0.4, -0.2) is 45.7 Å². The lowest BCUT2D eigenvalue weighted by Gasteiger charge is -2.20. The summed E-state index contributed by atoms with van der Waals surface area (Å²) in [7, 11) is 0. The lowest BCUT2D eigenvalue weighted by atomic mass is 10.2. The van der Waals surface area contributed by atoms with Crippen LogP contribution in [-0.2, 0) is 0 Å². The maximum absolute atomic E-state index is 12.1. The van der Waals surface area contributed by atoms with Crippen molar-refractivity contribution in [2.45, 2.75) is 20.8 Å². The highest BCUT2D eigenvalue weighted by Gasteiger charge is 2.11. The number of rotatable bonds is 4. The topological polar surface area (TPSA) is 78.4 Å². The first-order valence-corrected chi connectivity index (χ1v) is 6.97. The summed E-state index contributed by atoms with van der Waals surface area (Å²) in [6, 6.07) is 5.21. The van der Waals surface area contributed by atoms with E-state index in [0.29, 0.717) is 18.8 Å². The van der Waals surface area contributed by atoms with E-state index in [1.807, 2.05) is 26.8 Å². The Balaban J connectivity index is 2.23. The predicted octanol–water partition coefficient (Wildman–Crippen LogP) is 2.09. The van der Waals surface area contributed by atoms with Crippen LogP contribution in [0.15, 0.2) is 18.2 Å². The van der Waals surface area contributed by atoms with Gasteiger partial charge in [-0.1, -0.05) is 0 Å². The van der Waals surface area contributed by atoms with Crippen molar-refractivity contribution >= 4 is 22.8 Å². The second-order valence-corrected chi connectivity index (χ2v) is 4.83. The summed E-state index contributed by atoms with van der Waals surface area (Å²) >= 11 is 0. The number of anilines is 1. The second-order valence-electron chi connectivity index (χ2n) is 4.83. The highest BCUT2D eigenvalue weighted by Crippen LogP contribution is 2.17. The molecule has 2 rings (SSSR count). The number of nitrogens with zero attached hydrogens (tertiary/aromatic N) is 3. The molecule has 0 unspecified atom stereocenters. The van der Waals surface area contributed by atoms with Crippen molar-refractivity contribution in [3.8, 4) is 0 Å². The van der Waals surface area contributed by atoms with E-state index in [1.54, 1.807) is 12.1 Å². The zero-order valence-electron chi connectivity index (χ0n) is 12.6. The van der Waals surface area contributed by atoms with Crippen LogP contribution in [0.25, 0.3) is 11.0 Å². The van der Waals surface area contributed by atoms with E-state index in [2.05, 4.69) is 15.3 Å². The number of hydrogen-bond donors (Lipinski definition) is 2. The fourth-order valence-corrected chi connectivity index (χ4v) is 2.03. The van der Waals surface area contributed by atoms with Crippen LogP contribution in [0.1, 0.15) is 18.3 Å². The molecule has 0 radical (unpaired) electrons. The van der Waals surface area contributed by atoms with Crippen LogP contribution in [0, 0.1) is 13.8 Å². The van der Waals surface area contributed by atoms with Gasteiger partial charge in [-0.25, -0.2) is 14.8 Å². The molecule has 6 heteroatoms. The Morgan fingerprint density at radius 2 is 1.90 bits per heavy atom. The van der Waals surface area contributed by atoms with E-state index in [4.69, 9.17) is 5.11 Å². The van der Waals surface area contributed by atoms with E-state index in [0.717, 1.165) is 22.4 Å². The summed E-state index contributed by atoms with van der Waals surface area (Å²) in [4.78, 5) is 22.5. The zero-order valence-corrected chi connectivity index (χ0v) is 12.6. The number of aliphatic hydroxyl groups excluding tert-OH is 1. The van der Waals surface area contributed by atoms with Gasteiger partial charge >= 0.3 is 6.03 Å². The standard InChI is InChI=1S/C15H20N4O2/c1-4-19(7-8-20)15(21)18-12-5-6-13-14(9-12)17-11(3)10(2)16-13/h5-6,9,20H,4,7-8H2,1-3H3,(H,18,21). The maximum atomic E-state index is 12.1. The van der Waals surface area contributed by atoms with Gasteiger partial charge in [0.25, 0.3) is 0 Å². The van der Waals surface area contributed by atoms with Crippen molar-refractivity contribution in [3.05, 3.63) is 29.6 Å². The molecular weight excluding hydrogens is 268 g/mol. The fourth-order valence-electron chi connectivity index (χ4n) is 2.03. The highest BCUT2D eigenvalue weighted by molar-refractivity contribution is 5.91. The van der Waals surface area contributed by atoms with Gasteiger partial charge in [0.05, 0.1) is 29.0 Å². The molecule has 0 bridgehead atoms. The number of aryl methyl sites for hydroxylation is 2. The Morgan fingerprint density at radius 1 is 1.24 bits per heavy atom. The number of urea groups is 1. The van der Waals surface area contributed by atoms with Gasteiger partial charge in [-0.3, -0.25) is 0 Å². The highest BCUT2D eigenvalue weighted by atomic mass is 16.3. The van der Waals surface area contributed by atoms with E-state index in [-0.39, 0.29) is 12.6 Å². The van der Waals surface area contributed by atoms with Crippen molar-refractivity contribution in [1.82, 2.24) is 14.9 Å². The van der Waals surface area contributed by atoms with Crippen LogP contribution in [0.3, 0.4) is 0 Å². The van der Waals surface area contributed by atoms with E-state index >= 15 is 0 Å². The molecule has 0 saturated heterocycles. The minimum atomic E-state index is -0.234. The molecule has 2 N–H and O–H groups in total. The third kappa shape index (κ3) is 3.46. The molecule has 1 aromatic heterocycles. The first kappa shape index (κ1) is 15.2. The van der Waals surface area contributed by atoms with Gasteiger partial charge in [-0.2, -0.15) is 0 Å². The minimum absolute atomic E-state index is 0.0527. The molecule has 112 valence electrons. The van der Waals surface area contributed by atoms with Crippen molar-refractivity contribution in [2.24, 2.45) is 0 Å². The minimum Gasteiger partial charge on any atom is -0.395 e. The summed E-state index contributed by atoms with van der Waals surface area (Å²) in [5.41, 5.74) is 4.00. The normalized spacial score (nSPS) is 10.7. The van der Waals surface area contributed by atoms with Crippen molar-refractivity contribution in [3.63, 3.8) is 0 Å². The number of carbonyl (C=O) groups is 1. The summed E-state index contributed by atoms with van der Waals surface area (Å²) in [6.45, 7) is 6.50. The molecule has 0 aliphatic rings. The average Bonchev–Trinajstić information content (AvgIpc) is 2.46. The molecule has 21 heavy (non-hydrogen) atoms. The number of likely N-dealkylation sites (N-methyl/N-ethyl adjacent to an activating group) is 1. The number of carbonyl (C=O) groups excluding carboxylic acids is 1. The fraction of sp³-hybridized carbons (Fsp3) is 0.400. The van der Waals surface area contributed by atoms with Gasteiger partial charge in [0.2, 0.25) is 0 Å². The number of nitrogens with one attached hydrogen (secondary N) is 1. The molecule has 1 heterocycles. The summed E-state index contributed by atoms with van der Waals surface area (Å²) in [5.74, 6) is 0. The third-order valence-corrected chi connectivity index (χ3v) is 3.37. The maximum Gasteiger partial charge on any atom is 0.321 e. The van der Waals surface area contributed by atoms with Crippen LogP contribution < -0.4 is 5.32 Å². The molecule has 0 atom stereocenters. The molecule has 0 aliphatic carbocycles. The van der Waals surface area contributed by atoms with Crippen LogP contribution >= 0.6 is 0 Å². The molecular formula is C15H20N4O2. The molecule has 2 aromatic rings. The van der Waals surface area contributed by atoms with Crippen LogP contribution in [0.4, 0.5) is 10.5 Å². The third-order valence-electron chi connectivity index (χ3n) is 3.37. The molecule has 0 saturated carbocycles. The quantitative estimate of drug-likeness (QED) is 0.903. The van der Waals surface area contributed by atoms with Gasteiger partial charge in [0.15, 0.2) is 0 Å². The SMILES string of the molecule is CCN(CCO)C(=O)Nc1ccc2nc(C)c(C)nc2c1. The Kier molecular flexibility index (Phi) is 4.70. The van der Waals surface area contributed by atoms with Gasteiger partial charge < -0.3 is 15.3 Å². The molecule has 1 aromatic carbocycles. The molecule has 6 nitrogen and oxygen atoms in total. The Bertz CT molecular complexity index is 657. The zero-order chi connectivity index (χ0) is 15.4. The lowest BCUT2D eigenvalue weighted by molar-refractivity contribution is 0.192. The smallest absolute Gasteiger partial charge is 0.321 e. The Hall–Kier alpha value is -2.21. The summed E-state index contributed by atoms with van der Waals surface area (Å²) in [6.07, 6.45) is 0. The van der Waals surface area contributed by atoms with Crippen LogP contribution in [0.2, 0.25) is 0 Å². The number of aliphatic hydroxyl groups is 1. The van der Waals surface area contributed by atoms with Crippen molar-refractivity contribution in [1.29, 1.82) is 0 Å². The van der Waals surface area contributed by atoms with Gasteiger partial charge in [-0.15, -0.1) is 0 Å². The van der Waals surface area contributed by atoms with Gasteiger partial charge in [0.1, 0.15) is 0 Å². The van der Waals surface area contributed by atoms with Crippen molar-refractivity contribution in [2.75, 3.05) is 25.0 Å². The lowest BCUT2D eigenvalue weighted by Crippen LogP contribution is -2.36. The monoisotopic (exact) mass is 288 g/mol. The number of benzene rings is 1. The number of aromatic nitrogens is 2. The van der Waals surface area contributed by atoms with Crippen molar-refractivity contribution < 1.29 is 9.90 Å². The molecule has 0 aliphatic heterocycles. The first-order chi connectivity index (χ1) is 10.0. The molecule has 2 amide bonds. The molecule has 0 spiro atoms. The second kappa shape index (κ2) is 6.49. The number of hydrogen-bond acceptors (Lipinski definition) is 4. The Morgan fingerprint density at radius 3 is 2.52 bits per heavy atom. The number of amides is 2.